The largest absolute Gasteiger partial charge is 0.472 e. The SMILES string of the molecule is Cc1cnn([C@H]2C[C@H]3CN(CC4CC4)C[C@H]3C[C@@H]2Oc2ccccn2)c1. The minimum absolute atomic E-state index is 0.145. The summed E-state index contributed by atoms with van der Waals surface area (Å²) in [5, 5.41) is 4.63. The van der Waals surface area contributed by atoms with Crippen molar-refractivity contribution in [3.8, 4) is 5.88 Å². The maximum absolute atomic E-state index is 6.38. The second-order valence-corrected chi connectivity index (χ2v) is 8.54. The minimum Gasteiger partial charge on any atom is -0.472 e. The van der Waals surface area contributed by atoms with Crippen LogP contribution in [0.3, 0.4) is 0 Å². The highest BCUT2D eigenvalue weighted by Crippen LogP contribution is 2.43. The number of nitrogens with zero attached hydrogens (tertiary/aromatic N) is 4. The van der Waals surface area contributed by atoms with Gasteiger partial charge in [0.15, 0.2) is 0 Å². The molecule has 3 aliphatic rings. The van der Waals surface area contributed by atoms with Gasteiger partial charge in [-0.05, 0) is 62.0 Å². The van der Waals surface area contributed by atoms with Crippen LogP contribution in [0.1, 0.15) is 37.3 Å². The average Bonchev–Trinajstić information content (AvgIpc) is 3.20. The summed E-state index contributed by atoms with van der Waals surface area (Å²) in [6, 6.07) is 6.19. The third-order valence-corrected chi connectivity index (χ3v) is 6.35. The van der Waals surface area contributed by atoms with Crippen LogP contribution in [0.5, 0.6) is 5.88 Å². The number of hydrogen-bond donors (Lipinski definition) is 0. The molecule has 0 radical (unpaired) electrons. The average molecular weight is 352 g/mol. The number of fused-ring (bicyclic) bond motifs is 1. The Morgan fingerprint density at radius 3 is 2.69 bits per heavy atom. The van der Waals surface area contributed by atoms with Crippen molar-refractivity contribution in [3.63, 3.8) is 0 Å². The predicted octanol–water partition coefficient (Wildman–Crippen LogP) is 3.33. The van der Waals surface area contributed by atoms with E-state index in [0.717, 1.165) is 36.5 Å². The number of aryl methyl sites for hydroxylation is 1. The van der Waals surface area contributed by atoms with E-state index in [0.29, 0.717) is 6.04 Å². The molecule has 5 nitrogen and oxygen atoms in total. The van der Waals surface area contributed by atoms with E-state index in [9.17, 15) is 0 Å². The van der Waals surface area contributed by atoms with Gasteiger partial charge < -0.3 is 9.64 Å². The van der Waals surface area contributed by atoms with E-state index >= 15 is 0 Å². The molecule has 5 heteroatoms. The lowest BCUT2D eigenvalue weighted by Crippen LogP contribution is -2.40. The van der Waals surface area contributed by atoms with Crippen molar-refractivity contribution in [3.05, 3.63) is 42.4 Å². The summed E-state index contributed by atoms with van der Waals surface area (Å²) in [4.78, 5) is 7.10. The molecule has 3 fully saturated rings. The van der Waals surface area contributed by atoms with Gasteiger partial charge in [-0.3, -0.25) is 4.68 Å². The highest BCUT2D eigenvalue weighted by atomic mass is 16.5. The summed E-state index contributed by atoms with van der Waals surface area (Å²) < 4.78 is 8.52. The second kappa shape index (κ2) is 6.69. The summed E-state index contributed by atoms with van der Waals surface area (Å²) in [5.74, 6) is 3.22. The highest BCUT2D eigenvalue weighted by Gasteiger charge is 2.45. The van der Waals surface area contributed by atoms with Gasteiger partial charge in [0, 0.05) is 38.1 Å². The molecule has 138 valence electrons. The molecule has 2 aliphatic carbocycles. The first kappa shape index (κ1) is 16.3. The first-order valence-electron chi connectivity index (χ1n) is 10.1. The van der Waals surface area contributed by atoms with Crippen molar-refractivity contribution in [1.29, 1.82) is 0 Å². The normalized spacial score (nSPS) is 31.7. The van der Waals surface area contributed by atoms with E-state index < -0.39 is 0 Å². The smallest absolute Gasteiger partial charge is 0.213 e. The number of likely N-dealkylation sites (tertiary alicyclic amines) is 1. The lowest BCUT2D eigenvalue weighted by molar-refractivity contribution is 0.0459. The molecule has 0 bridgehead atoms. The molecule has 4 atom stereocenters. The monoisotopic (exact) mass is 352 g/mol. The molecule has 5 rings (SSSR count). The van der Waals surface area contributed by atoms with Gasteiger partial charge in [-0.15, -0.1) is 0 Å². The fourth-order valence-electron chi connectivity index (χ4n) is 4.89. The molecule has 2 aromatic rings. The van der Waals surface area contributed by atoms with Gasteiger partial charge in [-0.25, -0.2) is 4.98 Å². The highest BCUT2D eigenvalue weighted by molar-refractivity contribution is 5.11. The summed E-state index contributed by atoms with van der Waals surface area (Å²) in [7, 11) is 0. The Hall–Kier alpha value is -1.88. The topological polar surface area (TPSA) is 43.2 Å². The number of ether oxygens (including phenoxy) is 1. The summed E-state index contributed by atoms with van der Waals surface area (Å²) >= 11 is 0. The minimum atomic E-state index is 0.145. The van der Waals surface area contributed by atoms with Crippen LogP contribution in [0, 0.1) is 24.7 Å². The van der Waals surface area contributed by atoms with Gasteiger partial charge in [0.05, 0.1) is 12.2 Å². The first-order valence-corrected chi connectivity index (χ1v) is 10.1. The zero-order chi connectivity index (χ0) is 17.5. The van der Waals surface area contributed by atoms with Crippen LogP contribution in [-0.4, -0.2) is 45.4 Å². The maximum Gasteiger partial charge on any atom is 0.213 e. The van der Waals surface area contributed by atoms with Gasteiger partial charge in [0.1, 0.15) is 6.10 Å². The van der Waals surface area contributed by atoms with Crippen molar-refractivity contribution < 1.29 is 4.74 Å². The molecule has 1 aliphatic heterocycles. The predicted molar refractivity (Wildman–Crippen MR) is 100 cm³/mol. The first-order chi connectivity index (χ1) is 12.7. The Bertz CT molecular complexity index is 741. The third kappa shape index (κ3) is 3.37. The molecule has 1 saturated heterocycles. The Morgan fingerprint density at radius 2 is 2.00 bits per heavy atom. The Morgan fingerprint density at radius 1 is 1.15 bits per heavy atom. The third-order valence-electron chi connectivity index (χ3n) is 6.35. The van der Waals surface area contributed by atoms with Gasteiger partial charge in [-0.2, -0.15) is 5.10 Å². The summed E-state index contributed by atoms with van der Waals surface area (Å²) in [6.45, 7) is 5.92. The molecule has 0 amide bonds. The Labute approximate surface area is 155 Å². The Balaban J connectivity index is 1.35. The lowest BCUT2D eigenvalue weighted by Gasteiger charge is -2.37. The van der Waals surface area contributed by atoms with Crippen molar-refractivity contribution >= 4 is 0 Å². The van der Waals surface area contributed by atoms with Gasteiger partial charge in [-0.1, -0.05) is 6.07 Å². The van der Waals surface area contributed by atoms with E-state index in [-0.39, 0.29) is 6.10 Å². The number of hydrogen-bond acceptors (Lipinski definition) is 4. The van der Waals surface area contributed by atoms with Crippen molar-refractivity contribution in [2.24, 2.45) is 17.8 Å². The van der Waals surface area contributed by atoms with Crippen molar-refractivity contribution in [2.75, 3.05) is 19.6 Å². The number of rotatable bonds is 5. The zero-order valence-corrected chi connectivity index (χ0v) is 15.5. The van der Waals surface area contributed by atoms with Crippen molar-refractivity contribution in [2.45, 2.75) is 44.8 Å². The van der Waals surface area contributed by atoms with Crippen LogP contribution >= 0.6 is 0 Å². The van der Waals surface area contributed by atoms with Crippen molar-refractivity contribution in [1.82, 2.24) is 19.7 Å². The fraction of sp³-hybridized carbons (Fsp3) is 0.619. The van der Waals surface area contributed by atoms with E-state index in [4.69, 9.17) is 4.74 Å². The molecule has 0 unspecified atom stereocenters. The molecular weight excluding hydrogens is 324 g/mol. The fourth-order valence-corrected chi connectivity index (χ4v) is 4.89. The lowest BCUT2D eigenvalue weighted by atomic mass is 9.77. The van der Waals surface area contributed by atoms with E-state index in [1.807, 2.05) is 24.4 Å². The molecule has 0 N–H and O–H groups in total. The molecule has 0 aromatic carbocycles. The van der Waals surface area contributed by atoms with Crippen LogP contribution in [-0.2, 0) is 0 Å². The number of pyridine rings is 1. The molecule has 3 heterocycles. The summed E-state index contributed by atoms with van der Waals surface area (Å²) in [5.41, 5.74) is 1.21. The van der Waals surface area contributed by atoms with Gasteiger partial charge in [0.25, 0.3) is 0 Å². The van der Waals surface area contributed by atoms with Crippen LogP contribution in [0.4, 0.5) is 0 Å². The zero-order valence-electron chi connectivity index (χ0n) is 15.5. The van der Waals surface area contributed by atoms with E-state index in [1.54, 1.807) is 6.20 Å². The van der Waals surface area contributed by atoms with E-state index in [2.05, 4.69) is 32.8 Å². The van der Waals surface area contributed by atoms with Crippen LogP contribution in [0.25, 0.3) is 0 Å². The van der Waals surface area contributed by atoms with Crippen LogP contribution < -0.4 is 4.74 Å². The molecule has 2 saturated carbocycles. The second-order valence-electron chi connectivity index (χ2n) is 8.54. The number of aromatic nitrogens is 3. The Kier molecular flexibility index (Phi) is 4.20. The summed E-state index contributed by atoms with van der Waals surface area (Å²) in [6.07, 6.45) is 11.2. The molecule has 2 aromatic heterocycles. The standard InChI is InChI=1S/C21H28N4O/c1-15-10-23-25(11-15)19-8-17-13-24(12-16-5-6-16)14-18(17)9-20(19)26-21-4-2-3-7-22-21/h2-4,7,10-11,16-20H,5-6,8-9,12-14H2,1H3/t17-,18+,19-,20-/m0/s1. The van der Waals surface area contributed by atoms with Crippen LogP contribution in [0.2, 0.25) is 0 Å². The van der Waals surface area contributed by atoms with E-state index in [1.165, 1.54) is 38.0 Å². The molecular formula is C21H28N4O. The maximum atomic E-state index is 6.38. The molecule has 26 heavy (non-hydrogen) atoms. The molecule has 0 spiro atoms. The quantitative estimate of drug-likeness (QED) is 0.828. The van der Waals surface area contributed by atoms with Gasteiger partial charge in [0.2, 0.25) is 5.88 Å². The van der Waals surface area contributed by atoms with Gasteiger partial charge >= 0.3 is 0 Å². The van der Waals surface area contributed by atoms with Crippen LogP contribution in [0.15, 0.2) is 36.8 Å².